The van der Waals surface area contributed by atoms with Crippen molar-refractivity contribution in [2.45, 2.75) is 24.6 Å². The van der Waals surface area contributed by atoms with Crippen LogP contribution in [-0.4, -0.2) is 44.3 Å². The zero-order valence-corrected chi connectivity index (χ0v) is 16.4. The first kappa shape index (κ1) is 20.4. The van der Waals surface area contributed by atoms with Gasteiger partial charge in [0.1, 0.15) is 10.7 Å². The number of carbonyl (C=O) groups is 1. The van der Waals surface area contributed by atoms with E-state index in [-0.39, 0.29) is 31.5 Å². The number of likely N-dealkylation sites (tertiary alicyclic amines) is 1. The van der Waals surface area contributed by atoms with Gasteiger partial charge in [0, 0.05) is 24.7 Å². The number of piperidine rings is 1. The van der Waals surface area contributed by atoms with E-state index >= 15 is 0 Å². The third kappa shape index (κ3) is 3.90. The summed E-state index contributed by atoms with van der Waals surface area (Å²) in [5, 5.41) is 22.9. The molecule has 3 heterocycles. The van der Waals surface area contributed by atoms with Gasteiger partial charge in [-0.3, -0.25) is 5.10 Å². The second-order valence-corrected chi connectivity index (χ2v) is 7.88. The molecule has 158 valence electrons. The number of amides is 2. The first-order valence-corrected chi connectivity index (χ1v) is 10.0. The molecule has 7 nitrogen and oxygen atoms in total. The van der Waals surface area contributed by atoms with E-state index in [2.05, 4.69) is 20.5 Å². The van der Waals surface area contributed by atoms with Crippen LogP contribution in [0.1, 0.15) is 24.0 Å². The van der Waals surface area contributed by atoms with Gasteiger partial charge in [0.15, 0.2) is 0 Å². The van der Waals surface area contributed by atoms with Gasteiger partial charge in [-0.15, -0.1) is 11.3 Å². The Labute approximate surface area is 173 Å². The molecule has 1 aliphatic rings. The fourth-order valence-electron chi connectivity index (χ4n) is 3.57. The molecule has 0 atom stereocenters. The predicted molar refractivity (Wildman–Crippen MR) is 105 cm³/mol. The molecule has 4 rings (SSSR count). The fourth-order valence-corrected chi connectivity index (χ4v) is 4.22. The summed E-state index contributed by atoms with van der Waals surface area (Å²) in [7, 11) is 0. The Morgan fingerprint density at radius 1 is 1.27 bits per heavy atom. The molecule has 3 N–H and O–H groups in total. The Kier molecular flexibility index (Phi) is 5.24. The Hall–Kier alpha value is -2.92. The number of alkyl halides is 3. The molecule has 1 aliphatic heterocycles. The second kappa shape index (κ2) is 7.73. The molecule has 0 unspecified atom stereocenters. The van der Waals surface area contributed by atoms with Gasteiger partial charge in [0.05, 0.1) is 23.0 Å². The highest BCUT2D eigenvalue weighted by molar-refractivity contribution is 7.13. The molecule has 1 aromatic carbocycles. The lowest BCUT2D eigenvalue weighted by molar-refractivity contribution is -0.141. The number of urea groups is 1. The minimum absolute atomic E-state index is 0.00175. The quantitative estimate of drug-likeness (QED) is 0.576. The van der Waals surface area contributed by atoms with E-state index in [4.69, 9.17) is 0 Å². The molecule has 0 saturated carbocycles. The molecule has 2 aromatic heterocycles. The summed E-state index contributed by atoms with van der Waals surface area (Å²) in [6, 6.07) is 4.61. The van der Waals surface area contributed by atoms with Crippen LogP contribution in [0.15, 0.2) is 42.0 Å². The Morgan fingerprint density at radius 3 is 2.67 bits per heavy atom. The van der Waals surface area contributed by atoms with Crippen LogP contribution in [0, 0.1) is 0 Å². The van der Waals surface area contributed by atoms with Crippen molar-refractivity contribution >= 4 is 23.1 Å². The highest BCUT2D eigenvalue weighted by Gasteiger charge is 2.42. The number of hydrogen-bond acceptors (Lipinski definition) is 5. The van der Waals surface area contributed by atoms with Crippen LogP contribution in [0.3, 0.4) is 0 Å². The van der Waals surface area contributed by atoms with E-state index in [1.807, 2.05) is 0 Å². The fraction of sp³-hybridized carbons (Fsp3) is 0.316. The van der Waals surface area contributed by atoms with E-state index in [0.717, 1.165) is 6.07 Å². The SMILES string of the molecule is O=C(Nc1cn[nH]c1-c1nccs1)N1CCC(O)(c2ccccc2C(F)(F)F)CC1. The van der Waals surface area contributed by atoms with Crippen LogP contribution >= 0.6 is 11.3 Å². The van der Waals surface area contributed by atoms with Gasteiger partial charge < -0.3 is 15.3 Å². The molecule has 30 heavy (non-hydrogen) atoms. The molecule has 0 spiro atoms. The molecule has 11 heteroatoms. The third-order valence-corrected chi connectivity index (χ3v) is 5.93. The van der Waals surface area contributed by atoms with Gasteiger partial charge in [0.25, 0.3) is 0 Å². The van der Waals surface area contributed by atoms with Crippen molar-refractivity contribution in [1.29, 1.82) is 0 Å². The lowest BCUT2D eigenvalue weighted by atomic mass is 9.82. The number of carbonyl (C=O) groups excluding carboxylic acids is 1. The van der Waals surface area contributed by atoms with Crippen molar-refractivity contribution in [3.8, 4) is 10.7 Å². The minimum atomic E-state index is -4.56. The van der Waals surface area contributed by atoms with Crippen LogP contribution in [0.4, 0.5) is 23.7 Å². The zero-order valence-electron chi connectivity index (χ0n) is 15.6. The van der Waals surface area contributed by atoms with Crippen molar-refractivity contribution < 1.29 is 23.1 Å². The largest absolute Gasteiger partial charge is 0.416 e. The number of anilines is 1. The lowest BCUT2D eigenvalue weighted by Gasteiger charge is -2.39. The number of rotatable bonds is 3. The molecule has 0 bridgehead atoms. The summed E-state index contributed by atoms with van der Waals surface area (Å²) in [6.45, 7) is 0.220. The summed E-state index contributed by atoms with van der Waals surface area (Å²) in [4.78, 5) is 18.3. The molecule has 1 fully saturated rings. The number of hydrogen-bond donors (Lipinski definition) is 3. The number of thiazole rings is 1. The van der Waals surface area contributed by atoms with Crippen LogP contribution in [-0.2, 0) is 11.8 Å². The summed E-state index contributed by atoms with van der Waals surface area (Å²) < 4.78 is 40.0. The van der Waals surface area contributed by atoms with Gasteiger partial charge in [-0.25, -0.2) is 9.78 Å². The molecular weight excluding hydrogens is 419 g/mol. The first-order chi connectivity index (χ1) is 14.3. The smallest absolute Gasteiger partial charge is 0.385 e. The van der Waals surface area contributed by atoms with E-state index in [0.29, 0.717) is 16.4 Å². The number of benzene rings is 1. The first-order valence-electron chi connectivity index (χ1n) is 9.16. The lowest BCUT2D eigenvalue weighted by Crippen LogP contribution is -2.47. The molecule has 3 aromatic rings. The third-order valence-electron chi connectivity index (χ3n) is 5.14. The number of aromatic amines is 1. The number of nitrogens with one attached hydrogen (secondary N) is 2. The van der Waals surface area contributed by atoms with Crippen LogP contribution < -0.4 is 5.32 Å². The number of halogens is 3. The zero-order chi connectivity index (χ0) is 21.4. The minimum Gasteiger partial charge on any atom is -0.385 e. The van der Waals surface area contributed by atoms with Gasteiger partial charge in [-0.05, 0) is 24.5 Å². The van der Waals surface area contributed by atoms with Crippen molar-refractivity contribution in [1.82, 2.24) is 20.1 Å². The summed E-state index contributed by atoms with van der Waals surface area (Å²) in [5.41, 5.74) is -1.62. The molecule has 2 amide bonds. The Bertz CT molecular complexity index is 1030. The molecule has 0 aliphatic carbocycles. The van der Waals surface area contributed by atoms with Crippen molar-refractivity contribution in [3.63, 3.8) is 0 Å². The topological polar surface area (TPSA) is 94.1 Å². The van der Waals surface area contributed by atoms with E-state index < -0.39 is 23.4 Å². The van der Waals surface area contributed by atoms with E-state index in [1.165, 1.54) is 40.6 Å². The second-order valence-electron chi connectivity index (χ2n) is 6.99. The average Bonchev–Trinajstić information content (AvgIpc) is 3.39. The predicted octanol–water partition coefficient (Wildman–Crippen LogP) is 4.07. The molecule has 1 saturated heterocycles. The van der Waals surface area contributed by atoms with Crippen molar-refractivity contribution in [3.05, 3.63) is 53.2 Å². The van der Waals surface area contributed by atoms with Crippen LogP contribution in [0.25, 0.3) is 10.7 Å². The highest BCUT2D eigenvalue weighted by atomic mass is 32.1. The Balaban J connectivity index is 1.46. The summed E-state index contributed by atoms with van der Waals surface area (Å²) >= 11 is 1.39. The number of nitrogens with zero attached hydrogens (tertiary/aromatic N) is 3. The molecule has 0 radical (unpaired) electrons. The highest BCUT2D eigenvalue weighted by Crippen LogP contribution is 2.41. The van der Waals surface area contributed by atoms with Gasteiger partial charge in [-0.1, -0.05) is 18.2 Å². The van der Waals surface area contributed by atoms with Crippen molar-refractivity contribution in [2.75, 3.05) is 18.4 Å². The average molecular weight is 437 g/mol. The summed E-state index contributed by atoms with van der Waals surface area (Å²) in [5.74, 6) is 0. The van der Waals surface area contributed by atoms with E-state index in [9.17, 15) is 23.1 Å². The number of aromatic nitrogens is 3. The van der Waals surface area contributed by atoms with E-state index in [1.54, 1.807) is 11.6 Å². The van der Waals surface area contributed by atoms with Crippen molar-refractivity contribution in [2.24, 2.45) is 0 Å². The standard InChI is InChI=1S/C19H18F3N5O2S/c20-19(21,22)13-4-2-1-3-12(13)18(29)5-8-27(9-6-18)17(28)25-14-11-24-26-15(14)16-23-7-10-30-16/h1-4,7,10-11,29H,5-6,8-9H2,(H,24,26)(H,25,28). The maximum atomic E-state index is 13.3. The van der Waals surface area contributed by atoms with Gasteiger partial charge in [-0.2, -0.15) is 18.3 Å². The Morgan fingerprint density at radius 2 is 2.00 bits per heavy atom. The maximum Gasteiger partial charge on any atom is 0.416 e. The molecular formula is C19H18F3N5O2S. The van der Waals surface area contributed by atoms with Crippen LogP contribution in [0.5, 0.6) is 0 Å². The maximum absolute atomic E-state index is 13.3. The van der Waals surface area contributed by atoms with Gasteiger partial charge in [0.2, 0.25) is 0 Å². The monoisotopic (exact) mass is 437 g/mol. The summed E-state index contributed by atoms with van der Waals surface area (Å²) in [6.07, 6.45) is -1.46. The normalized spacial score (nSPS) is 16.5. The van der Waals surface area contributed by atoms with Gasteiger partial charge >= 0.3 is 12.2 Å². The number of aliphatic hydroxyl groups is 1. The van der Waals surface area contributed by atoms with Crippen LogP contribution in [0.2, 0.25) is 0 Å². The number of H-pyrrole nitrogens is 1.